The van der Waals surface area contributed by atoms with E-state index < -0.39 is 22.9 Å². The van der Waals surface area contributed by atoms with Gasteiger partial charge in [-0.15, -0.1) is 0 Å². The van der Waals surface area contributed by atoms with Crippen LogP contribution in [0.4, 0.5) is 13.2 Å². The normalized spacial score (nSPS) is 19.2. The molecule has 7 nitrogen and oxygen atoms in total. The minimum absolute atomic E-state index is 0.0321. The average Bonchev–Trinajstić information content (AvgIpc) is 2.90. The topological polar surface area (TPSA) is 84.9 Å². The van der Waals surface area contributed by atoms with Crippen molar-refractivity contribution in [3.8, 4) is 22.6 Å². The number of halogens is 3. The van der Waals surface area contributed by atoms with Gasteiger partial charge in [-0.1, -0.05) is 24.3 Å². The number of para-hydroxylation sites is 1. The van der Waals surface area contributed by atoms with E-state index in [0.29, 0.717) is 19.6 Å². The van der Waals surface area contributed by atoms with E-state index in [9.17, 15) is 27.9 Å². The van der Waals surface area contributed by atoms with E-state index in [0.717, 1.165) is 12.1 Å². The summed E-state index contributed by atoms with van der Waals surface area (Å²) in [6, 6.07) is 13.8. The third-order valence-corrected chi connectivity index (χ3v) is 7.71. The van der Waals surface area contributed by atoms with E-state index in [1.54, 1.807) is 16.7 Å². The number of alkyl halides is 3. The Kier molecular flexibility index (Phi) is 6.02. The van der Waals surface area contributed by atoms with E-state index in [1.807, 2.05) is 11.0 Å². The number of methoxy groups -OCH3 is 1. The van der Waals surface area contributed by atoms with E-state index in [2.05, 4.69) is 0 Å². The predicted molar refractivity (Wildman–Crippen MR) is 138 cm³/mol. The van der Waals surface area contributed by atoms with E-state index in [-0.39, 0.29) is 57.5 Å². The SMILES string of the molecule is COc1ccccc1-c1c(C(F)(F)F)oc2c(CN3C[C@@H]4C[C@@H](C3)c3cccc(=O)n3C4)c(O)ccc2c1=O. The molecule has 4 heterocycles. The van der Waals surface area contributed by atoms with Crippen LogP contribution in [0.25, 0.3) is 22.1 Å². The molecule has 0 unspecified atom stereocenters. The van der Waals surface area contributed by atoms with Crippen LogP contribution in [0, 0.1) is 5.92 Å². The lowest BCUT2D eigenvalue weighted by molar-refractivity contribution is -0.152. The highest BCUT2D eigenvalue weighted by Gasteiger charge is 2.41. The Balaban J connectivity index is 1.46. The molecule has 0 amide bonds. The minimum atomic E-state index is -4.98. The second-order valence-corrected chi connectivity index (χ2v) is 10.2. The zero-order chi connectivity index (χ0) is 27.5. The van der Waals surface area contributed by atoms with Crippen molar-refractivity contribution >= 4 is 11.0 Å². The second kappa shape index (κ2) is 9.30. The molecule has 202 valence electrons. The van der Waals surface area contributed by atoms with Crippen molar-refractivity contribution in [2.24, 2.45) is 5.92 Å². The van der Waals surface area contributed by atoms with Gasteiger partial charge in [0.15, 0.2) is 0 Å². The third kappa shape index (κ3) is 4.28. The summed E-state index contributed by atoms with van der Waals surface area (Å²) in [7, 11) is 1.31. The molecule has 0 saturated carbocycles. The molecule has 1 saturated heterocycles. The summed E-state index contributed by atoms with van der Waals surface area (Å²) < 4.78 is 55.5. The molecule has 2 aliphatic heterocycles. The molecule has 1 fully saturated rings. The largest absolute Gasteiger partial charge is 0.507 e. The first-order valence-electron chi connectivity index (χ1n) is 12.6. The quantitative estimate of drug-likeness (QED) is 0.395. The summed E-state index contributed by atoms with van der Waals surface area (Å²) in [4.78, 5) is 28.0. The maximum atomic E-state index is 14.3. The number of benzene rings is 2. The van der Waals surface area contributed by atoms with Crippen molar-refractivity contribution in [2.45, 2.75) is 31.6 Å². The molecule has 1 N–H and O–H groups in total. The third-order valence-electron chi connectivity index (χ3n) is 7.71. The molecule has 0 radical (unpaired) electrons. The average molecular weight is 539 g/mol. The Hall–Kier alpha value is -4.05. The van der Waals surface area contributed by atoms with Crippen LogP contribution in [-0.2, 0) is 19.3 Å². The van der Waals surface area contributed by atoms with Gasteiger partial charge >= 0.3 is 6.18 Å². The molecule has 2 aromatic heterocycles. The lowest BCUT2D eigenvalue weighted by Crippen LogP contribution is -2.46. The molecule has 2 bridgehead atoms. The van der Waals surface area contributed by atoms with Gasteiger partial charge in [0.05, 0.1) is 23.6 Å². The van der Waals surface area contributed by atoms with Gasteiger partial charge in [0, 0.05) is 49.4 Å². The molecule has 0 spiro atoms. The van der Waals surface area contributed by atoms with Gasteiger partial charge in [-0.3, -0.25) is 14.5 Å². The zero-order valence-corrected chi connectivity index (χ0v) is 21.0. The smallest absolute Gasteiger partial charge is 0.450 e. The van der Waals surface area contributed by atoms with Crippen molar-refractivity contribution in [1.29, 1.82) is 0 Å². The van der Waals surface area contributed by atoms with Crippen molar-refractivity contribution < 1.29 is 27.4 Å². The number of aromatic hydroxyl groups is 1. The Bertz CT molecular complexity index is 1710. The Morgan fingerprint density at radius 1 is 1.03 bits per heavy atom. The highest BCUT2D eigenvalue weighted by Crippen LogP contribution is 2.42. The van der Waals surface area contributed by atoms with Crippen LogP contribution in [0.2, 0.25) is 0 Å². The summed E-state index contributed by atoms with van der Waals surface area (Å²) in [5, 5.41) is 10.7. The molecule has 2 atom stereocenters. The van der Waals surface area contributed by atoms with Crippen molar-refractivity contribution in [1.82, 2.24) is 9.47 Å². The number of hydrogen-bond acceptors (Lipinski definition) is 6. The number of ether oxygens (including phenoxy) is 1. The van der Waals surface area contributed by atoms with Gasteiger partial charge in [-0.25, -0.2) is 0 Å². The molecule has 0 aliphatic carbocycles. The highest BCUT2D eigenvalue weighted by molar-refractivity contribution is 5.87. The summed E-state index contributed by atoms with van der Waals surface area (Å²) in [5.41, 5.74) is -0.829. The molecule has 2 aliphatic rings. The van der Waals surface area contributed by atoms with Crippen LogP contribution >= 0.6 is 0 Å². The Labute approximate surface area is 220 Å². The maximum Gasteiger partial charge on any atom is 0.450 e. The maximum absolute atomic E-state index is 14.3. The van der Waals surface area contributed by atoms with Gasteiger partial charge in [0.2, 0.25) is 11.2 Å². The minimum Gasteiger partial charge on any atom is -0.507 e. The van der Waals surface area contributed by atoms with Gasteiger partial charge in [0.25, 0.3) is 5.56 Å². The van der Waals surface area contributed by atoms with Gasteiger partial charge < -0.3 is 18.8 Å². The zero-order valence-electron chi connectivity index (χ0n) is 21.0. The number of phenols is 1. The van der Waals surface area contributed by atoms with Crippen LogP contribution < -0.4 is 15.7 Å². The summed E-state index contributed by atoms with van der Waals surface area (Å²) in [5.74, 6) is -1.36. The number of nitrogens with zero attached hydrogens (tertiary/aromatic N) is 2. The number of hydrogen-bond donors (Lipinski definition) is 1. The first-order chi connectivity index (χ1) is 18.7. The molecular weight excluding hydrogens is 513 g/mol. The first-order valence-corrected chi connectivity index (χ1v) is 12.6. The summed E-state index contributed by atoms with van der Waals surface area (Å²) in [6.45, 7) is 1.77. The Morgan fingerprint density at radius 3 is 2.59 bits per heavy atom. The highest BCUT2D eigenvalue weighted by atomic mass is 19.4. The van der Waals surface area contributed by atoms with Crippen LogP contribution in [0.3, 0.4) is 0 Å². The number of aromatic nitrogens is 1. The lowest BCUT2D eigenvalue weighted by atomic mass is 9.83. The van der Waals surface area contributed by atoms with Crippen LogP contribution in [-0.4, -0.2) is 34.8 Å². The first kappa shape index (κ1) is 25.2. The van der Waals surface area contributed by atoms with Crippen molar-refractivity contribution in [3.63, 3.8) is 0 Å². The molecular formula is C29H25F3N2O5. The summed E-state index contributed by atoms with van der Waals surface area (Å²) in [6.07, 6.45) is -4.08. The monoisotopic (exact) mass is 538 g/mol. The van der Waals surface area contributed by atoms with Gasteiger partial charge in [0.1, 0.15) is 17.1 Å². The van der Waals surface area contributed by atoms with Crippen molar-refractivity contribution in [3.05, 3.63) is 92.2 Å². The fourth-order valence-corrected chi connectivity index (χ4v) is 6.10. The second-order valence-electron chi connectivity index (χ2n) is 10.2. The van der Waals surface area contributed by atoms with Crippen LogP contribution in [0.1, 0.15) is 29.4 Å². The number of fused-ring (bicyclic) bond motifs is 5. The number of rotatable bonds is 4. The fraction of sp³-hybridized carbons (Fsp3) is 0.310. The van der Waals surface area contributed by atoms with Gasteiger partial charge in [-0.05, 0) is 36.6 Å². The number of piperidine rings is 1. The lowest BCUT2D eigenvalue weighted by Gasteiger charge is -2.42. The van der Waals surface area contributed by atoms with E-state index >= 15 is 0 Å². The Morgan fingerprint density at radius 2 is 1.82 bits per heavy atom. The number of likely N-dealkylation sites (tertiary alicyclic amines) is 1. The molecule has 39 heavy (non-hydrogen) atoms. The van der Waals surface area contributed by atoms with Crippen LogP contribution in [0.5, 0.6) is 11.5 Å². The van der Waals surface area contributed by atoms with E-state index in [1.165, 1.54) is 43.5 Å². The number of phenolic OH excluding ortho intramolecular Hbond substituents is 1. The standard InChI is InChI=1S/C29H25F3N2O5/c1-38-23-7-3-2-5-18(23)25-26(37)19-9-10-22(35)20(27(19)39-28(25)29(30,31)32)15-33-12-16-11-17(14-33)21-6-4-8-24(36)34(21)13-16/h2-10,16-17,35H,11-15H2,1H3/t16-,17-/m0/s1. The predicted octanol–water partition coefficient (Wildman–Crippen LogP) is 4.97. The molecule has 6 rings (SSSR count). The molecule has 2 aromatic carbocycles. The van der Waals surface area contributed by atoms with Crippen LogP contribution in [0.15, 0.2) is 68.6 Å². The van der Waals surface area contributed by atoms with E-state index in [4.69, 9.17) is 9.15 Å². The molecule has 10 heteroatoms. The fourth-order valence-electron chi connectivity index (χ4n) is 6.10. The summed E-state index contributed by atoms with van der Waals surface area (Å²) >= 11 is 0. The molecule has 4 aromatic rings. The van der Waals surface area contributed by atoms with Gasteiger partial charge in [-0.2, -0.15) is 13.2 Å². The van der Waals surface area contributed by atoms with Crippen molar-refractivity contribution in [2.75, 3.05) is 20.2 Å². The number of pyridine rings is 1.